The maximum absolute atomic E-state index is 12.7. The van der Waals surface area contributed by atoms with E-state index in [1.807, 2.05) is 67.5 Å². The summed E-state index contributed by atoms with van der Waals surface area (Å²) in [5.41, 5.74) is 9.96. The van der Waals surface area contributed by atoms with Crippen LogP contribution in [0.2, 0.25) is 0 Å². The number of nitrogens with two attached hydrogens (primary N) is 1. The van der Waals surface area contributed by atoms with Gasteiger partial charge in [-0.05, 0) is 63.0 Å². The summed E-state index contributed by atoms with van der Waals surface area (Å²) in [6, 6.07) is 15.4. The number of rotatable bonds is 7. The van der Waals surface area contributed by atoms with Crippen LogP contribution in [0.15, 0.2) is 54.7 Å². The molecule has 3 heterocycles. The lowest BCUT2D eigenvalue weighted by Gasteiger charge is -2.24. The number of urea groups is 1. The average molecular weight is 518 g/mol. The fourth-order valence-electron chi connectivity index (χ4n) is 4.72. The minimum Gasteiger partial charge on any atom is -0.488 e. The summed E-state index contributed by atoms with van der Waals surface area (Å²) < 4.78 is 11.5. The molecule has 4 N–H and O–H groups in total. The first kappa shape index (κ1) is 25.7. The summed E-state index contributed by atoms with van der Waals surface area (Å²) in [5, 5.41) is 6.24. The number of amides is 2. The number of ether oxygens (including phenoxy) is 2. The fourth-order valence-corrected chi connectivity index (χ4v) is 4.72. The lowest BCUT2D eigenvalue weighted by molar-refractivity contribution is 0.0259. The Kier molecular flexibility index (Phi) is 7.90. The largest absolute Gasteiger partial charge is 0.488 e. The highest BCUT2D eigenvalue weighted by atomic mass is 16.5. The first-order chi connectivity index (χ1) is 18.4. The third kappa shape index (κ3) is 6.32. The highest BCUT2D eigenvalue weighted by molar-refractivity contribution is 5.90. The van der Waals surface area contributed by atoms with Crippen molar-refractivity contribution in [3.63, 3.8) is 0 Å². The number of likely N-dealkylation sites (tertiary alicyclic amines) is 1. The average Bonchev–Trinajstić information content (AvgIpc) is 3.42. The van der Waals surface area contributed by atoms with Crippen molar-refractivity contribution in [2.75, 3.05) is 56.8 Å². The molecule has 2 aromatic carbocycles. The zero-order valence-electron chi connectivity index (χ0n) is 21.9. The Balaban J connectivity index is 1.23. The van der Waals surface area contributed by atoms with E-state index in [1.54, 1.807) is 6.20 Å². The Labute approximate surface area is 223 Å². The van der Waals surface area contributed by atoms with E-state index >= 15 is 0 Å². The van der Waals surface area contributed by atoms with Gasteiger partial charge in [-0.3, -0.25) is 0 Å². The number of carbonyl (C=O) groups excluding carboxylic acids is 1. The SMILES string of the molecule is CN(C)C1CCN(C(=O)Nc2cccc(Nc3nccc(-c4ccc(OC5CCOCC5)c(N)c4)n3)c2)C1. The van der Waals surface area contributed by atoms with Gasteiger partial charge in [0.15, 0.2) is 0 Å². The van der Waals surface area contributed by atoms with Gasteiger partial charge < -0.3 is 35.6 Å². The number of hydrogen-bond acceptors (Lipinski definition) is 8. The van der Waals surface area contributed by atoms with Crippen molar-refractivity contribution in [3.8, 4) is 17.0 Å². The highest BCUT2D eigenvalue weighted by Gasteiger charge is 2.27. The van der Waals surface area contributed by atoms with E-state index in [0.29, 0.717) is 42.3 Å². The van der Waals surface area contributed by atoms with E-state index in [9.17, 15) is 4.79 Å². The number of likely N-dealkylation sites (N-methyl/N-ethyl adjacent to an activating group) is 1. The maximum atomic E-state index is 12.7. The van der Waals surface area contributed by atoms with Crippen molar-refractivity contribution in [1.82, 2.24) is 19.8 Å². The maximum Gasteiger partial charge on any atom is 0.321 e. The van der Waals surface area contributed by atoms with Crippen molar-refractivity contribution in [3.05, 3.63) is 54.7 Å². The number of hydrogen-bond donors (Lipinski definition) is 3. The molecule has 0 radical (unpaired) electrons. The second-order valence-corrected chi connectivity index (χ2v) is 9.94. The molecule has 0 spiro atoms. The number of aromatic nitrogens is 2. The van der Waals surface area contributed by atoms with Crippen LogP contribution in [0.5, 0.6) is 5.75 Å². The van der Waals surface area contributed by atoms with Gasteiger partial charge >= 0.3 is 6.03 Å². The molecule has 2 amide bonds. The molecule has 3 aromatic rings. The highest BCUT2D eigenvalue weighted by Crippen LogP contribution is 2.30. The van der Waals surface area contributed by atoms with Gasteiger partial charge in [-0.15, -0.1) is 0 Å². The van der Waals surface area contributed by atoms with E-state index in [1.165, 1.54) is 0 Å². The molecule has 1 atom stereocenters. The van der Waals surface area contributed by atoms with Crippen molar-refractivity contribution in [2.45, 2.75) is 31.4 Å². The van der Waals surface area contributed by atoms with E-state index in [0.717, 1.165) is 49.3 Å². The van der Waals surface area contributed by atoms with Crippen molar-refractivity contribution in [1.29, 1.82) is 0 Å². The molecule has 2 aliphatic heterocycles. The number of nitrogen functional groups attached to an aromatic ring is 1. The van der Waals surface area contributed by atoms with Crippen molar-refractivity contribution < 1.29 is 14.3 Å². The lowest BCUT2D eigenvalue weighted by atomic mass is 10.1. The molecule has 38 heavy (non-hydrogen) atoms. The molecule has 2 fully saturated rings. The summed E-state index contributed by atoms with van der Waals surface area (Å²) in [7, 11) is 4.09. The Morgan fingerprint density at radius 3 is 2.68 bits per heavy atom. The molecule has 10 nitrogen and oxygen atoms in total. The predicted molar refractivity (Wildman–Crippen MR) is 149 cm³/mol. The molecule has 0 saturated carbocycles. The number of anilines is 4. The summed E-state index contributed by atoms with van der Waals surface area (Å²) in [4.78, 5) is 25.8. The number of carbonyl (C=O) groups is 1. The number of nitrogens with one attached hydrogen (secondary N) is 2. The van der Waals surface area contributed by atoms with Gasteiger partial charge in [0.25, 0.3) is 0 Å². The molecular weight excluding hydrogens is 482 g/mol. The second-order valence-electron chi connectivity index (χ2n) is 9.94. The molecule has 5 rings (SSSR count). The van der Waals surface area contributed by atoms with Crippen LogP contribution in [0.4, 0.5) is 27.8 Å². The predicted octanol–water partition coefficient (Wildman–Crippen LogP) is 4.20. The van der Waals surface area contributed by atoms with E-state index in [4.69, 9.17) is 15.2 Å². The third-order valence-corrected chi connectivity index (χ3v) is 6.97. The van der Waals surface area contributed by atoms with Crippen molar-refractivity contribution in [2.24, 2.45) is 0 Å². The standard InChI is InChI=1S/C28H35N7O3/c1-34(2)22-9-13-35(18-22)28(36)32-21-5-3-4-20(17-21)31-27-30-12-8-25(33-27)19-6-7-26(24(29)16-19)38-23-10-14-37-15-11-23/h3-8,12,16-17,22-23H,9-11,13-15,18,29H2,1-2H3,(H,32,36)(H,30,31,33). The Bertz CT molecular complexity index is 1260. The van der Waals surface area contributed by atoms with Crippen LogP contribution in [-0.4, -0.2) is 78.3 Å². The first-order valence-electron chi connectivity index (χ1n) is 13.0. The van der Waals surface area contributed by atoms with Gasteiger partial charge in [-0.25, -0.2) is 14.8 Å². The van der Waals surface area contributed by atoms with Crippen LogP contribution in [0.3, 0.4) is 0 Å². The third-order valence-electron chi connectivity index (χ3n) is 6.97. The minimum atomic E-state index is -0.0911. The molecule has 1 aromatic heterocycles. The smallest absolute Gasteiger partial charge is 0.321 e. The second kappa shape index (κ2) is 11.7. The monoisotopic (exact) mass is 517 g/mol. The number of nitrogens with zero attached hydrogens (tertiary/aromatic N) is 4. The summed E-state index contributed by atoms with van der Waals surface area (Å²) >= 11 is 0. The molecule has 0 aliphatic carbocycles. The summed E-state index contributed by atoms with van der Waals surface area (Å²) in [6.07, 6.45) is 4.53. The van der Waals surface area contributed by atoms with Crippen LogP contribution in [0, 0.1) is 0 Å². The Hall–Kier alpha value is -3.89. The van der Waals surface area contributed by atoms with Gasteiger partial charge in [0.2, 0.25) is 5.95 Å². The van der Waals surface area contributed by atoms with Gasteiger partial charge in [0.1, 0.15) is 11.9 Å². The van der Waals surface area contributed by atoms with Crippen LogP contribution in [0.1, 0.15) is 19.3 Å². The van der Waals surface area contributed by atoms with Gasteiger partial charge in [-0.2, -0.15) is 0 Å². The zero-order chi connectivity index (χ0) is 26.5. The molecular formula is C28H35N7O3. The molecule has 0 bridgehead atoms. The van der Waals surface area contributed by atoms with E-state index < -0.39 is 0 Å². The van der Waals surface area contributed by atoms with E-state index in [2.05, 4.69) is 25.5 Å². The Morgan fingerprint density at radius 2 is 1.92 bits per heavy atom. The normalized spacial score (nSPS) is 18.0. The lowest BCUT2D eigenvalue weighted by Crippen LogP contribution is -2.36. The summed E-state index contributed by atoms with van der Waals surface area (Å²) in [6.45, 7) is 2.90. The van der Waals surface area contributed by atoms with Crippen LogP contribution >= 0.6 is 0 Å². The number of benzene rings is 2. The molecule has 200 valence electrons. The Morgan fingerprint density at radius 1 is 1.11 bits per heavy atom. The van der Waals surface area contributed by atoms with Crippen LogP contribution < -0.4 is 21.1 Å². The fraction of sp³-hybridized carbons (Fsp3) is 0.393. The van der Waals surface area contributed by atoms with Crippen molar-refractivity contribution >= 4 is 29.0 Å². The first-order valence-corrected chi connectivity index (χ1v) is 13.0. The zero-order valence-corrected chi connectivity index (χ0v) is 21.9. The quantitative estimate of drug-likeness (QED) is 0.399. The van der Waals surface area contributed by atoms with Crippen LogP contribution in [-0.2, 0) is 4.74 Å². The minimum absolute atomic E-state index is 0.0911. The molecule has 2 saturated heterocycles. The molecule has 10 heteroatoms. The summed E-state index contributed by atoms with van der Waals surface area (Å²) in [5.74, 6) is 1.12. The topological polar surface area (TPSA) is 118 Å². The van der Waals surface area contributed by atoms with Gasteiger partial charge in [0, 0.05) is 55.1 Å². The molecule has 1 unspecified atom stereocenters. The van der Waals surface area contributed by atoms with Gasteiger partial charge in [-0.1, -0.05) is 6.07 Å². The molecule has 2 aliphatic rings. The van der Waals surface area contributed by atoms with Crippen LogP contribution in [0.25, 0.3) is 11.3 Å². The van der Waals surface area contributed by atoms with E-state index in [-0.39, 0.29) is 12.1 Å². The van der Waals surface area contributed by atoms with Gasteiger partial charge in [0.05, 0.1) is 24.6 Å².